The fourth-order valence-electron chi connectivity index (χ4n) is 3.52. The van der Waals surface area contributed by atoms with Gasteiger partial charge in [0.05, 0.1) is 16.0 Å². The van der Waals surface area contributed by atoms with Gasteiger partial charge in [-0.15, -0.1) is 32.9 Å². The summed E-state index contributed by atoms with van der Waals surface area (Å²) in [5.41, 5.74) is 1.21. The van der Waals surface area contributed by atoms with Gasteiger partial charge in [0.1, 0.15) is 10.7 Å². The largest absolute Gasteiger partial charge is 0.309 e. The van der Waals surface area contributed by atoms with E-state index in [0.717, 1.165) is 51.9 Å². The molecule has 6 nitrogen and oxygen atoms in total. The van der Waals surface area contributed by atoms with E-state index in [-0.39, 0.29) is 5.56 Å². The lowest BCUT2D eigenvalue weighted by Crippen LogP contribution is -2.11. The zero-order valence-corrected chi connectivity index (χ0v) is 17.1. The molecule has 0 spiro atoms. The highest BCUT2D eigenvalue weighted by molar-refractivity contribution is 7.98. The van der Waals surface area contributed by atoms with Crippen LogP contribution in [0.1, 0.15) is 29.6 Å². The molecule has 9 heteroatoms. The quantitative estimate of drug-likeness (QED) is 0.497. The van der Waals surface area contributed by atoms with Crippen molar-refractivity contribution >= 4 is 44.7 Å². The Hall–Kier alpha value is -1.97. The Morgan fingerprint density at radius 1 is 1.33 bits per heavy atom. The van der Waals surface area contributed by atoms with E-state index in [1.54, 1.807) is 34.4 Å². The Morgan fingerprint density at radius 3 is 3.07 bits per heavy atom. The summed E-state index contributed by atoms with van der Waals surface area (Å²) < 4.78 is 2.10. The highest BCUT2D eigenvalue weighted by Crippen LogP contribution is 2.35. The Morgan fingerprint density at radius 2 is 2.26 bits per heavy atom. The summed E-state index contributed by atoms with van der Waals surface area (Å²) in [7, 11) is 0. The van der Waals surface area contributed by atoms with Crippen LogP contribution < -0.4 is 5.56 Å². The second-order valence-corrected chi connectivity index (χ2v) is 9.34. The van der Waals surface area contributed by atoms with E-state index in [2.05, 4.69) is 32.7 Å². The van der Waals surface area contributed by atoms with Crippen molar-refractivity contribution in [1.29, 1.82) is 0 Å². The molecule has 0 atom stereocenters. The number of nitrogens with one attached hydrogen (secondary N) is 1. The van der Waals surface area contributed by atoms with Crippen LogP contribution in [0.25, 0.3) is 20.9 Å². The number of thiophene rings is 2. The number of aromatic amines is 1. The lowest BCUT2D eigenvalue weighted by atomic mass is 10.2. The molecule has 0 aliphatic heterocycles. The van der Waals surface area contributed by atoms with Gasteiger partial charge >= 0.3 is 0 Å². The smallest absolute Gasteiger partial charge is 0.259 e. The summed E-state index contributed by atoms with van der Waals surface area (Å²) in [5.74, 6) is 2.15. The maximum absolute atomic E-state index is 12.6. The number of hydrogen-bond donors (Lipinski definition) is 1. The minimum absolute atomic E-state index is 0.00812. The third kappa shape index (κ3) is 2.94. The molecule has 4 heterocycles. The molecule has 0 bridgehead atoms. The van der Waals surface area contributed by atoms with Crippen molar-refractivity contribution in [2.24, 2.45) is 0 Å². The summed E-state index contributed by atoms with van der Waals surface area (Å²) >= 11 is 4.89. The molecule has 0 aromatic carbocycles. The van der Waals surface area contributed by atoms with Crippen LogP contribution >= 0.6 is 34.4 Å². The molecule has 0 saturated heterocycles. The first-order chi connectivity index (χ1) is 13.2. The van der Waals surface area contributed by atoms with Crippen molar-refractivity contribution < 1.29 is 0 Å². The van der Waals surface area contributed by atoms with Crippen LogP contribution in [0.3, 0.4) is 0 Å². The maximum Gasteiger partial charge on any atom is 0.259 e. The number of fused-ring (bicyclic) bond motifs is 3. The molecular formula is C18H17N5OS3. The number of nitrogens with zero attached hydrogens (tertiary/aromatic N) is 4. The molecule has 1 aliphatic carbocycles. The number of rotatable bonds is 5. The van der Waals surface area contributed by atoms with Gasteiger partial charge in [0.2, 0.25) is 0 Å². The molecule has 0 unspecified atom stereocenters. The fourth-order valence-corrected chi connectivity index (χ4v) is 6.39. The van der Waals surface area contributed by atoms with E-state index in [0.29, 0.717) is 11.6 Å². The maximum atomic E-state index is 12.6. The van der Waals surface area contributed by atoms with Gasteiger partial charge in [-0.1, -0.05) is 17.8 Å². The average Bonchev–Trinajstić information content (AvgIpc) is 3.41. The van der Waals surface area contributed by atoms with Crippen molar-refractivity contribution in [1.82, 2.24) is 24.7 Å². The molecule has 0 saturated carbocycles. The normalized spacial score (nSPS) is 13.5. The highest BCUT2D eigenvalue weighted by atomic mass is 32.2. The van der Waals surface area contributed by atoms with Crippen molar-refractivity contribution in [3.05, 3.63) is 44.1 Å². The standard InChI is InChI=1S/C18H17N5OS3/c1-2-23-15(12-7-4-8-25-12)21-22-18(23)26-9-13-19-16(24)14-10-5-3-6-11(10)27-17(14)20-13/h4,7-8H,2-3,5-6,9H2,1H3,(H,19,20,24). The first-order valence-electron chi connectivity index (χ1n) is 8.88. The second kappa shape index (κ2) is 6.88. The Labute approximate surface area is 167 Å². The molecule has 4 aromatic rings. The average molecular weight is 416 g/mol. The Balaban J connectivity index is 1.43. The van der Waals surface area contributed by atoms with E-state index in [9.17, 15) is 4.79 Å². The van der Waals surface area contributed by atoms with Crippen LogP contribution in [-0.2, 0) is 25.1 Å². The van der Waals surface area contributed by atoms with E-state index >= 15 is 0 Å². The topological polar surface area (TPSA) is 76.5 Å². The van der Waals surface area contributed by atoms with Gasteiger partial charge in [-0.05, 0) is 43.2 Å². The van der Waals surface area contributed by atoms with Crippen molar-refractivity contribution in [2.45, 2.75) is 43.6 Å². The lowest BCUT2D eigenvalue weighted by molar-refractivity contribution is 0.687. The van der Waals surface area contributed by atoms with Crippen molar-refractivity contribution in [3.63, 3.8) is 0 Å². The van der Waals surface area contributed by atoms with Gasteiger partial charge in [-0.3, -0.25) is 4.79 Å². The minimum atomic E-state index is -0.00812. The zero-order chi connectivity index (χ0) is 18.4. The van der Waals surface area contributed by atoms with E-state index in [1.807, 2.05) is 11.4 Å². The molecule has 27 heavy (non-hydrogen) atoms. The van der Waals surface area contributed by atoms with Gasteiger partial charge in [0.15, 0.2) is 11.0 Å². The summed E-state index contributed by atoms with van der Waals surface area (Å²) in [4.78, 5) is 23.6. The molecule has 1 aliphatic rings. The SMILES string of the molecule is CCn1c(SCc2nc3sc4c(c3c(=O)[nH]2)CCC4)nnc1-c1cccs1. The number of aryl methyl sites for hydroxylation is 2. The van der Waals surface area contributed by atoms with Crippen LogP contribution in [0.2, 0.25) is 0 Å². The molecule has 4 aromatic heterocycles. The van der Waals surface area contributed by atoms with Crippen LogP contribution in [0.4, 0.5) is 0 Å². The van der Waals surface area contributed by atoms with Crippen molar-refractivity contribution in [3.8, 4) is 10.7 Å². The third-order valence-corrected chi connectivity index (χ3v) is 7.77. The minimum Gasteiger partial charge on any atom is -0.309 e. The van der Waals surface area contributed by atoms with E-state index in [1.165, 1.54) is 10.4 Å². The predicted molar refractivity (Wildman–Crippen MR) is 111 cm³/mol. The summed E-state index contributed by atoms with van der Waals surface area (Å²) in [5, 5.41) is 12.4. The van der Waals surface area contributed by atoms with Gasteiger partial charge in [0, 0.05) is 11.4 Å². The fraction of sp³-hybridized carbons (Fsp3) is 0.333. The molecular weight excluding hydrogens is 398 g/mol. The van der Waals surface area contributed by atoms with Crippen molar-refractivity contribution in [2.75, 3.05) is 0 Å². The van der Waals surface area contributed by atoms with Crippen LogP contribution in [0.5, 0.6) is 0 Å². The summed E-state index contributed by atoms with van der Waals surface area (Å²) in [6.07, 6.45) is 3.22. The Bertz CT molecular complexity index is 1170. The number of thioether (sulfide) groups is 1. The van der Waals surface area contributed by atoms with Gasteiger partial charge in [-0.2, -0.15) is 0 Å². The zero-order valence-electron chi connectivity index (χ0n) is 14.7. The molecule has 0 radical (unpaired) electrons. The molecule has 0 fully saturated rings. The monoisotopic (exact) mass is 415 g/mol. The number of aromatic nitrogens is 5. The van der Waals surface area contributed by atoms with E-state index in [4.69, 9.17) is 4.98 Å². The first kappa shape index (κ1) is 17.2. The summed E-state index contributed by atoms with van der Waals surface area (Å²) in [6.45, 7) is 2.88. The Kier molecular flexibility index (Phi) is 4.37. The lowest BCUT2D eigenvalue weighted by Gasteiger charge is -2.06. The van der Waals surface area contributed by atoms with Crippen LogP contribution in [0, 0.1) is 0 Å². The van der Waals surface area contributed by atoms with Gasteiger partial charge in [0.25, 0.3) is 5.56 Å². The van der Waals surface area contributed by atoms with Gasteiger partial charge < -0.3 is 9.55 Å². The second-order valence-electron chi connectivity index (χ2n) is 6.37. The third-order valence-electron chi connectivity index (χ3n) is 4.74. The number of hydrogen-bond acceptors (Lipinski definition) is 7. The van der Waals surface area contributed by atoms with Crippen LogP contribution in [0.15, 0.2) is 27.5 Å². The first-order valence-corrected chi connectivity index (χ1v) is 11.6. The van der Waals surface area contributed by atoms with E-state index < -0.39 is 0 Å². The summed E-state index contributed by atoms with van der Waals surface area (Å²) in [6, 6.07) is 4.07. The highest BCUT2D eigenvalue weighted by Gasteiger charge is 2.21. The molecule has 5 rings (SSSR count). The van der Waals surface area contributed by atoms with Crippen LogP contribution in [-0.4, -0.2) is 24.7 Å². The molecule has 1 N–H and O–H groups in total. The molecule has 138 valence electrons. The predicted octanol–water partition coefficient (Wildman–Crippen LogP) is 4.11. The van der Waals surface area contributed by atoms with Gasteiger partial charge in [-0.25, -0.2) is 4.98 Å². The number of H-pyrrole nitrogens is 1. The molecule has 0 amide bonds.